The second kappa shape index (κ2) is 10.7. The number of aromatic nitrogens is 1. The zero-order valence-corrected chi connectivity index (χ0v) is 23.7. The van der Waals surface area contributed by atoms with Gasteiger partial charge < -0.3 is 20.5 Å². The number of nitrogens with zero attached hydrogens (tertiary/aromatic N) is 1. The Kier molecular flexibility index (Phi) is 7.47. The summed E-state index contributed by atoms with van der Waals surface area (Å²) in [6, 6.07) is 9.87. The predicted molar refractivity (Wildman–Crippen MR) is 155 cm³/mol. The first-order valence-electron chi connectivity index (χ1n) is 13.7. The zero-order valence-electron chi connectivity index (χ0n) is 22.9. The molecule has 2 aromatic carbocycles. The Bertz CT molecular complexity index is 1400. The molecule has 3 aromatic rings. The predicted octanol–water partition coefficient (Wildman–Crippen LogP) is 7.41. The third kappa shape index (κ3) is 6.30. The summed E-state index contributed by atoms with van der Waals surface area (Å²) >= 11 is 6.28. The number of pyridine rings is 1. The van der Waals surface area contributed by atoms with Gasteiger partial charge in [-0.25, -0.2) is 4.79 Å². The number of fused-ring (bicyclic) bond motifs is 1. The topological polar surface area (TPSA) is 101 Å². The van der Waals surface area contributed by atoms with Crippen molar-refractivity contribution in [3.05, 3.63) is 52.7 Å². The molecule has 1 aromatic heterocycles. The number of alkyl carbamates (subject to hydrolysis) is 1. The molecule has 2 saturated carbocycles. The lowest BCUT2D eigenvalue weighted by molar-refractivity contribution is 0.0492. The van der Waals surface area contributed by atoms with Crippen molar-refractivity contribution in [2.75, 3.05) is 5.32 Å². The number of aryl methyl sites for hydroxylation is 1. The number of hydrogen-bond donors (Lipinski definition) is 3. The van der Waals surface area contributed by atoms with Crippen LogP contribution in [0.5, 0.6) is 5.75 Å². The average Bonchev–Trinajstić information content (AvgIpc) is 3.72. The van der Waals surface area contributed by atoms with Crippen molar-refractivity contribution in [3.63, 3.8) is 0 Å². The maximum absolute atomic E-state index is 13.3. The molecule has 39 heavy (non-hydrogen) atoms. The van der Waals surface area contributed by atoms with Gasteiger partial charge >= 0.3 is 6.09 Å². The van der Waals surface area contributed by atoms with Crippen molar-refractivity contribution in [2.24, 2.45) is 5.92 Å². The van der Waals surface area contributed by atoms with E-state index in [9.17, 15) is 14.7 Å². The van der Waals surface area contributed by atoms with Crippen molar-refractivity contribution in [3.8, 4) is 16.9 Å². The lowest BCUT2D eigenvalue weighted by Gasteiger charge is -2.31. The van der Waals surface area contributed by atoms with Crippen molar-refractivity contribution in [2.45, 2.75) is 83.9 Å². The zero-order chi connectivity index (χ0) is 27.9. The van der Waals surface area contributed by atoms with E-state index in [4.69, 9.17) is 16.3 Å². The van der Waals surface area contributed by atoms with Crippen molar-refractivity contribution >= 4 is 40.1 Å². The van der Waals surface area contributed by atoms with Gasteiger partial charge in [0.2, 0.25) is 0 Å². The summed E-state index contributed by atoms with van der Waals surface area (Å²) in [4.78, 5) is 30.2. The number of carbonyl (C=O) groups excluding carboxylic acids is 2. The fourth-order valence-electron chi connectivity index (χ4n) is 5.24. The second-order valence-corrected chi connectivity index (χ2v) is 12.3. The lowest BCUT2D eigenvalue weighted by Crippen LogP contribution is -2.42. The maximum atomic E-state index is 13.3. The normalized spacial score (nSPS) is 19.5. The number of halogens is 1. The van der Waals surface area contributed by atoms with Gasteiger partial charge in [-0.15, -0.1) is 0 Å². The molecule has 0 bridgehead atoms. The number of amides is 1. The lowest BCUT2D eigenvalue weighted by atomic mass is 9.90. The van der Waals surface area contributed by atoms with Gasteiger partial charge in [-0.1, -0.05) is 17.7 Å². The van der Waals surface area contributed by atoms with Crippen LogP contribution in [0.3, 0.4) is 0 Å². The minimum absolute atomic E-state index is 0.0636. The Morgan fingerprint density at radius 3 is 2.33 bits per heavy atom. The number of phenols is 1. The van der Waals surface area contributed by atoms with Crippen LogP contribution in [0.1, 0.15) is 75.2 Å². The summed E-state index contributed by atoms with van der Waals surface area (Å²) in [6.45, 7) is 7.39. The fourth-order valence-corrected chi connectivity index (χ4v) is 5.51. The number of nitrogens with one attached hydrogen (secondary N) is 2. The highest BCUT2D eigenvalue weighted by Gasteiger charge is 2.33. The summed E-state index contributed by atoms with van der Waals surface area (Å²) < 4.78 is 5.42. The van der Waals surface area contributed by atoms with E-state index in [1.54, 1.807) is 12.3 Å². The molecule has 7 nitrogen and oxygen atoms in total. The molecule has 0 radical (unpaired) electrons. The molecule has 8 heteroatoms. The number of hydrogen-bond acceptors (Lipinski definition) is 6. The van der Waals surface area contributed by atoms with E-state index in [-0.39, 0.29) is 35.6 Å². The standard InChI is InChI=1S/C31H36ClN3O4/c1-17-13-20(15-25(32)28(17)36)19-7-12-26-23(14-19)27(24(16-33-26)29(37)18-5-6-18)34-21-8-10-22(11-9-21)35-30(38)39-31(2,3)4/h7,12-16,18,21-22,36H,5-6,8-11H2,1-4H3,(H,33,34)(H,35,38). The summed E-state index contributed by atoms with van der Waals surface area (Å²) in [6.07, 6.45) is 6.52. The number of rotatable bonds is 6. The summed E-state index contributed by atoms with van der Waals surface area (Å²) in [5.41, 5.74) is 4.24. The van der Waals surface area contributed by atoms with Crippen molar-refractivity contribution in [1.82, 2.24) is 10.3 Å². The van der Waals surface area contributed by atoms with Crippen LogP contribution in [0.4, 0.5) is 10.5 Å². The second-order valence-electron chi connectivity index (χ2n) is 11.9. The van der Waals surface area contributed by atoms with Crippen LogP contribution in [-0.2, 0) is 4.74 Å². The Morgan fingerprint density at radius 2 is 1.69 bits per heavy atom. The third-order valence-corrected chi connectivity index (χ3v) is 7.75. The molecular weight excluding hydrogens is 514 g/mol. The Balaban J connectivity index is 1.42. The van der Waals surface area contributed by atoms with Gasteiger partial charge in [0, 0.05) is 29.6 Å². The van der Waals surface area contributed by atoms with E-state index >= 15 is 0 Å². The van der Waals surface area contributed by atoms with Gasteiger partial charge in [0.25, 0.3) is 0 Å². The highest BCUT2D eigenvalue weighted by molar-refractivity contribution is 6.32. The number of ether oxygens (including phenoxy) is 1. The molecule has 0 aliphatic heterocycles. The summed E-state index contributed by atoms with van der Waals surface area (Å²) in [5, 5.41) is 18.0. The van der Waals surface area contributed by atoms with E-state index in [0.29, 0.717) is 16.1 Å². The minimum atomic E-state index is -0.529. The van der Waals surface area contributed by atoms with Gasteiger partial charge in [-0.2, -0.15) is 0 Å². The molecule has 206 valence electrons. The van der Waals surface area contributed by atoms with Gasteiger partial charge in [0.05, 0.1) is 21.8 Å². The van der Waals surface area contributed by atoms with E-state index in [2.05, 4.69) is 15.6 Å². The van der Waals surface area contributed by atoms with Crippen LogP contribution in [0.15, 0.2) is 36.5 Å². The highest BCUT2D eigenvalue weighted by Crippen LogP contribution is 2.39. The maximum Gasteiger partial charge on any atom is 0.407 e. The van der Waals surface area contributed by atoms with Crippen LogP contribution in [0.25, 0.3) is 22.0 Å². The average molecular weight is 550 g/mol. The molecule has 0 saturated heterocycles. The smallest absolute Gasteiger partial charge is 0.407 e. The van der Waals surface area contributed by atoms with E-state index in [1.165, 1.54) is 0 Å². The number of anilines is 1. The van der Waals surface area contributed by atoms with Crippen LogP contribution < -0.4 is 10.6 Å². The molecule has 0 unspecified atom stereocenters. The van der Waals surface area contributed by atoms with Gasteiger partial charge in [0.1, 0.15) is 11.4 Å². The summed E-state index contributed by atoms with van der Waals surface area (Å²) in [7, 11) is 0. The van der Waals surface area contributed by atoms with Crippen molar-refractivity contribution < 1.29 is 19.4 Å². The number of carbonyl (C=O) groups is 2. The Hall–Kier alpha value is -3.32. The number of ketones is 1. The highest BCUT2D eigenvalue weighted by atomic mass is 35.5. The van der Waals surface area contributed by atoms with Crippen LogP contribution in [-0.4, -0.2) is 39.7 Å². The van der Waals surface area contributed by atoms with Gasteiger partial charge in [-0.05, 0) is 107 Å². The number of benzene rings is 2. The molecule has 1 amide bonds. The first-order chi connectivity index (χ1) is 18.5. The Morgan fingerprint density at radius 1 is 1.00 bits per heavy atom. The monoisotopic (exact) mass is 549 g/mol. The Labute approximate surface area is 234 Å². The molecule has 0 atom stereocenters. The molecule has 2 aliphatic carbocycles. The first kappa shape index (κ1) is 27.3. The number of aromatic hydroxyl groups is 1. The third-order valence-electron chi connectivity index (χ3n) is 7.47. The SMILES string of the molecule is Cc1cc(-c2ccc3ncc(C(=O)C4CC4)c(NC4CCC(NC(=O)OC(C)(C)C)CC4)c3c2)cc(Cl)c1O. The fraction of sp³-hybridized carbons (Fsp3) is 0.452. The van der Waals surface area contributed by atoms with E-state index in [0.717, 1.165) is 66.2 Å². The van der Waals surface area contributed by atoms with Crippen LogP contribution in [0.2, 0.25) is 5.02 Å². The van der Waals surface area contributed by atoms with Gasteiger partial charge in [0.15, 0.2) is 5.78 Å². The summed E-state index contributed by atoms with van der Waals surface area (Å²) in [5.74, 6) is 0.292. The van der Waals surface area contributed by atoms with Crippen LogP contribution in [0, 0.1) is 12.8 Å². The molecular formula is C31H36ClN3O4. The van der Waals surface area contributed by atoms with Crippen LogP contribution >= 0.6 is 11.6 Å². The molecule has 5 rings (SSSR count). The van der Waals surface area contributed by atoms with Crippen molar-refractivity contribution in [1.29, 1.82) is 0 Å². The molecule has 2 aliphatic rings. The molecule has 1 heterocycles. The number of phenolic OH excluding ortho intramolecular Hbond substituents is 1. The quantitative estimate of drug-likeness (QED) is 0.277. The number of Topliss-reactive ketones (excluding diaryl/α,β-unsaturated/α-hetero) is 1. The van der Waals surface area contributed by atoms with E-state index < -0.39 is 5.60 Å². The first-order valence-corrected chi connectivity index (χ1v) is 14.1. The minimum Gasteiger partial charge on any atom is -0.506 e. The molecule has 2 fully saturated rings. The van der Waals surface area contributed by atoms with E-state index in [1.807, 2.05) is 52.0 Å². The van der Waals surface area contributed by atoms with Gasteiger partial charge in [-0.3, -0.25) is 9.78 Å². The molecule has 3 N–H and O–H groups in total. The molecule has 0 spiro atoms. The largest absolute Gasteiger partial charge is 0.506 e.